The second kappa shape index (κ2) is 11.6. The van der Waals surface area contributed by atoms with E-state index < -0.39 is 0 Å². The van der Waals surface area contributed by atoms with Crippen molar-refractivity contribution in [1.29, 1.82) is 0 Å². The van der Waals surface area contributed by atoms with E-state index in [1.165, 1.54) is 17.4 Å². The Kier molecular flexibility index (Phi) is 8.05. The Hall–Kier alpha value is -2.37. The van der Waals surface area contributed by atoms with Gasteiger partial charge in [-0.25, -0.2) is 19.9 Å². The number of anilines is 3. The first-order valence-corrected chi connectivity index (χ1v) is 13.6. The molecule has 0 radical (unpaired) electrons. The maximum absolute atomic E-state index is 5.92. The van der Waals surface area contributed by atoms with Crippen LogP contribution in [0.3, 0.4) is 0 Å². The lowest BCUT2D eigenvalue weighted by atomic mass is 10.2. The average molecular weight is 588 g/mol. The lowest BCUT2D eigenvalue weighted by Crippen LogP contribution is -2.36. The Morgan fingerprint density at radius 1 is 0.886 bits per heavy atom. The van der Waals surface area contributed by atoms with Gasteiger partial charge in [0.2, 0.25) is 11.2 Å². The highest BCUT2D eigenvalue weighted by molar-refractivity contribution is 9.10. The minimum atomic E-state index is 0.226. The number of hydrogen-bond acceptors (Lipinski definition) is 9. The maximum Gasteiger partial charge on any atom is 0.228 e. The fourth-order valence-corrected chi connectivity index (χ4v) is 5.55. The fourth-order valence-electron chi connectivity index (χ4n) is 3.38. The Morgan fingerprint density at radius 3 is 2.34 bits per heavy atom. The molecule has 1 N–H and O–H groups in total. The van der Waals surface area contributed by atoms with Gasteiger partial charge in [-0.2, -0.15) is 0 Å². The fraction of sp³-hybridized carbons (Fsp3) is 0.167. The van der Waals surface area contributed by atoms with Crippen LogP contribution in [0.4, 0.5) is 17.3 Å². The predicted octanol–water partition coefficient (Wildman–Crippen LogP) is 6.57. The van der Waals surface area contributed by atoms with E-state index in [1.807, 2.05) is 30.3 Å². The van der Waals surface area contributed by atoms with Crippen LogP contribution in [0.5, 0.6) is 0 Å². The van der Waals surface area contributed by atoms with Crippen LogP contribution in [0.2, 0.25) is 5.28 Å². The van der Waals surface area contributed by atoms with Gasteiger partial charge in [-0.3, -0.25) is 0 Å². The molecule has 178 valence electrons. The molecule has 0 atom stereocenters. The summed E-state index contributed by atoms with van der Waals surface area (Å²) in [5, 5.41) is 5.16. The molecule has 4 aromatic rings. The van der Waals surface area contributed by atoms with Crippen molar-refractivity contribution < 1.29 is 4.74 Å². The lowest BCUT2D eigenvalue weighted by Gasteiger charge is -2.28. The second-order valence-corrected chi connectivity index (χ2v) is 10.8. The molecule has 0 unspecified atom stereocenters. The van der Waals surface area contributed by atoms with E-state index in [1.54, 1.807) is 24.2 Å². The summed E-state index contributed by atoms with van der Waals surface area (Å²) < 4.78 is 6.24. The van der Waals surface area contributed by atoms with Gasteiger partial charge in [0.25, 0.3) is 0 Å². The molecule has 1 saturated heterocycles. The summed E-state index contributed by atoms with van der Waals surface area (Å²) in [5.41, 5.74) is 2.14. The van der Waals surface area contributed by atoms with Crippen LogP contribution in [0, 0.1) is 0 Å². The van der Waals surface area contributed by atoms with Gasteiger partial charge >= 0.3 is 0 Å². The first kappa shape index (κ1) is 24.3. The average Bonchev–Trinajstić information content (AvgIpc) is 2.89. The third-order valence-corrected chi connectivity index (χ3v) is 8.05. The zero-order chi connectivity index (χ0) is 24.0. The summed E-state index contributed by atoms with van der Waals surface area (Å²) in [7, 11) is 0. The lowest BCUT2D eigenvalue weighted by molar-refractivity contribution is 0.122. The highest BCUT2D eigenvalue weighted by atomic mass is 79.9. The molecule has 0 amide bonds. The largest absolute Gasteiger partial charge is 0.378 e. The number of nitrogens with zero attached hydrogens (tertiary/aromatic N) is 5. The van der Waals surface area contributed by atoms with E-state index in [0.717, 1.165) is 56.3 Å². The first-order chi connectivity index (χ1) is 17.1. The van der Waals surface area contributed by atoms with Crippen LogP contribution in [0.25, 0.3) is 0 Å². The van der Waals surface area contributed by atoms with Gasteiger partial charge in [0, 0.05) is 46.6 Å². The number of benzene rings is 2. The molecule has 0 aliphatic carbocycles. The van der Waals surface area contributed by atoms with Gasteiger partial charge in [0.15, 0.2) is 0 Å². The Balaban J connectivity index is 1.21. The van der Waals surface area contributed by atoms with Crippen LogP contribution in [-0.2, 0) is 4.74 Å². The van der Waals surface area contributed by atoms with Crippen molar-refractivity contribution in [3.63, 3.8) is 0 Å². The van der Waals surface area contributed by atoms with Gasteiger partial charge in [-0.15, -0.1) is 0 Å². The van der Waals surface area contributed by atoms with E-state index >= 15 is 0 Å². The molecule has 1 fully saturated rings. The number of ether oxygens (including phenoxy) is 1. The zero-order valence-electron chi connectivity index (χ0n) is 18.4. The van der Waals surface area contributed by atoms with E-state index in [0.29, 0.717) is 5.95 Å². The molecule has 2 aromatic carbocycles. The monoisotopic (exact) mass is 586 g/mol. The Bertz CT molecular complexity index is 1290. The molecule has 1 aliphatic rings. The topological polar surface area (TPSA) is 76.1 Å². The summed E-state index contributed by atoms with van der Waals surface area (Å²) in [6.45, 7) is 3.38. The van der Waals surface area contributed by atoms with Gasteiger partial charge in [-0.1, -0.05) is 23.5 Å². The van der Waals surface area contributed by atoms with Crippen molar-refractivity contribution in [3.8, 4) is 0 Å². The second-order valence-electron chi connectivity index (χ2n) is 7.46. The summed E-state index contributed by atoms with van der Waals surface area (Å²) in [6, 6.07) is 18.4. The number of rotatable bonds is 7. The molecule has 35 heavy (non-hydrogen) atoms. The van der Waals surface area contributed by atoms with Crippen molar-refractivity contribution in [1.82, 2.24) is 19.9 Å². The molecule has 11 heteroatoms. The van der Waals surface area contributed by atoms with Crippen LogP contribution >= 0.6 is 51.1 Å². The molecule has 0 spiro atoms. The minimum absolute atomic E-state index is 0.226. The molecule has 0 bridgehead atoms. The number of morpholine rings is 1. The van der Waals surface area contributed by atoms with Crippen LogP contribution in [-0.4, -0.2) is 46.2 Å². The molecule has 5 rings (SSSR count). The van der Waals surface area contributed by atoms with E-state index in [9.17, 15) is 0 Å². The third kappa shape index (κ3) is 6.65. The van der Waals surface area contributed by atoms with Crippen molar-refractivity contribution in [2.24, 2.45) is 0 Å². The Morgan fingerprint density at radius 2 is 1.60 bits per heavy atom. The van der Waals surface area contributed by atoms with Crippen LogP contribution in [0.1, 0.15) is 0 Å². The van der Waals surface area contributed by atoms with Crippen molar-refractivity contribution in [2.75, 3.05) is 36.5 Å². The van der Waals surface area contributed by atoms with E-state index in [2.05, 4.69) is 70.3 Å². The SMILES string of the molecule is Clc1ncc(Br)c(Sc2ccc(Sc3ccnc(Nc4ccc(N5CCOCC5)cc4)n3)cc2)n1. The number of hydrogen-bond donors (Lipinski definition) is 1. The van der Waals surface area contributed by atoms with E-state index in [-0.39, 0.29) is 5.28 Å². The molecule has 0 saturated carbocycles. The first-order valence-electron chi connectivity index (χ1n) is 10.8. The molecule has 3 heterocycles. The van der Waals surface area contributed by atoms with Crippen molar-refractivity contribution in [3.05, 3.63) is 76.7 Å². The molecule has 2 aromatic heterocycles. The van der Waals surface area contributed by atoms with Gasteiger partial charge in [0.1, 0.15) is 10.1 Å². The molecular weight excluding hydrogens is 568 g/mol. The zero-order valence-corrected chi connectivity index (χ0v) is 22.4. The van der Waals surface area contributed by atoms with Crippen LogP contribution < -0.4 is 10.2 Å². The third-order valence-electron chi connectivity index (χ3n) is 5.07. The van der Waals surface area contributed by atoms with E-state index in [4.69, 9.17) is 16.3 Å². The quantitative estimate of drug-likeness (QED) is 0.191. The standard InChI is InChI=1S/C24H20BrClN6OS2/c25-20-15-28-23(26)31-22(20)35-19-7-5-18(6-8-19)34-21-9-10-27-24(30-21)29-16-1-3-17(4-2-16)32-11-13-33-14-12-32/h1-10,15H,11-14H2,(H,27,29,30). The number of nitrogens with one attached hydrogen (secondary N) is 1. The van der Waals surface area contributed by atoms with Crippen LogP contribution in [0.15, 0.2) is 91.3 Å². The Labute approximate surface area is 225 Å². The molecular formula is C24H20BrClN6OS2. The number of aromatic nitrogens is 4. The summed E-state index contributed by atoms with van der Waals surface area (Å²) in [4.78, 5) is 21.7. The van der Waals surface area contributed by atoms with Crippen molar-refractivity contribution >= 4 is 68.4 Å². The van der Waals surface area contributed by atoms with Gasteiger partial charge < -0.3 is 15.0 Å². The minimum Gasteiger partial charge on any atom is -0.378 e. The smallest absolute Gasteiger partial charge is 0.228 e. The highest BCUT2D eigenvalue weighted by Gasteiger charge is 2.11. The number of halogens is 2. The summed E-state index contributed by atoms with van der Waals surface area (Å²) in [5.74, 6) is 0.562. The normalized spacial score (nSPS) is 13.6. The molecule has 7 nitrogen and oxygen atoms in total. The summed E-state index contributed by atoms with van der Waals surface area (Å²) in [6.07, 6.45) is 3.42. The predicted molar refractivity (Wildman–Crippen MR) is 144 cm³/mol. The van der Waals surface area contributed by atoms with Gasteiger partial charge in [-0.05, 0) is 82.1 Å². The van der Waals surface area contributed by atoms with Gasteiger partial charge in [0.05, 0.1) is 17.7 Å². The highest BCUT2D eigenvalue weighted by Crippen LogP contribution is 2.34. The summed E-state index contributed by atoms with van der Waals surface area (Å²) >= 11 is 12.5. The molecule has 1 aliphatic heterocycles. The van der Waals surface area contributed by atoms with Crippen molar-refractivity contribution in [2.45, 2.75) is 19.8 Å². The maximum atomic E-state index is 5.92.